The molecule has 0 aliphatic heterocycles. The highest BCUT2D eigenvalue weighted by molar-refractivity contribution is 6.25. The highest BCUT2D eigenvalue weighted by Gasteiger charge is 2.26. The fraction of sp³-hybridized carbons (Fsp3) is 0. The minimum Gasteiger partial charge on any atom is -0.456 e. The van der Waals surface area contributed by atoms with Gasteiger partial charge in [-0.3, -0.25) is 0 Å². The molecule has 0 N–H and O–H groups in total. The maximum absolute atomic E-state index is 6.72. The monoisotopic (exact) mass is 879 g/mol. The van der Waals surface area contributed by atoms with Crippen LogP contribution >= 0.6 is 0 Å². The number of fused-ring (bicyclic) bond motifs is 13. The van der Waals surface area contributed by atoms with E-state index in [4.69, 9.17) is 19.4 Å². The van der Waals surface area contributed by atoms with Gasteiger partial charge in [0.25, 0.3) is 0 Å². The van der Waals surface area contributed by atoms with Crippen molar-refractivity contribution >= 4 is 97.9 Å². The summed E-state index contributed by atoms with van der Waals surface area (Å²) in [5.41, 5.74) is 10.8. The highest BCUT2D eigenvalue weighted by atomic mass is 16.3. The van der Waals surface area contributed by atoms with Crippen LogP contribution in [-0.4, -0.2) is 24.1 Å². The first-order valence-electron chi connectivity index (χ1n) is 23.3. The van der Waals surface area contributed by atoms with Crippen molar-refractivity contribution < 1.29 is 4.42 Å². The summed E-state index contributed by atoms with van der Waals surface area (Å²) in [4.78, 5) is 16.4. The molecule has 0 unspecified atom stereocenters. The van der Waals surface area contributed by atoms with Gasteiger partial charge in [0.05, 0.1) is 33.1 Å². The minimum atomic E-state index is 0.564. The van der Waals surface area contributed by atoms with Gasteiger partial charge in [0.1, 0.15) is 11.2 Å². The van der Waals surface area contributed by atoms with Gasteiger partial charge in [-0.2, -0.15) is 0 Å². The zero-order chi connectivity index (χ0) is 45.2. The first kappa shape index (κ1) is 37.8. The second kappa shape index (κ2) is 14.6. The van der Waals surface area contributed by atoms with Crippen LogP contribution in [-0.2, 0) is 0 Å². The van der Waals surface area contributed by atoms with Crippen LogP contribution in [0.15, 0.2) is 229 Å². The third-order valence-corrected chi connectivity index (χ3v) is 14.1. The van der Waals surface area contributed by atoms with Gasteiger partial charge in [0.15, 0.2) is 17.5 Å². The molecule has 0 spiro atoms. The van der Waals surface area contributed by atoms with Crippen LogP contribution in [0.25, 0.3) is 143 Å². The van der Waals surface area contributed by atoms with Crippen LogP contribution in [0, 0.1) is 0 Å². The van der Waals surface area contributed by atoms with Crippen LogP contribution in [0.5, 0.6) is 0 Å². The lowest BCUT2D eigenvalue weighted by molar-refractivity contribution is 0.669. The molecule has 15 aromatic rings. The second-order valence-corrected chi connectivity index (χ2v) is 18.0. The summed E-state index contributed by atoms with van der Waals surface area (Å²) >= 11 is 0. The van der Waals surface area contributed by atoms with Crippen LogP contribution in [0.3, 0.4) is 0 Å². The summed E-state index contributed by atoms with van der Waals surface area (Å²) < 4.78 is 11.5. The van der Waals surface area contributed by atoms with Crippen molar-refractivity contribution in [3.05, 3.63) is 224 Å². The molecule has 0 aliphatic carbocycles. The van der Waals surface area contributed by atoms with Crippen LogP contribution < -0.4 is 0 Å². The van der Waals surface area contributed by atoms with Gasteiger partial charge in [0, 0.05) is 49.3 Å². The molecule has 0 amide bonds. The molecule has 4 aromatic heterocycles. The summed E-state index contributed by atoms with van der Waals surface area (Å²) in [6.45, 7) is 0. The smallest absolute Gasteiger partial charge is 0.166 e. The maximum atomic E-state index is 6.72. The van der Waals surface area contributed by atoms with E-state index in [-0.39, 0.29) is 0 Å². The first-order chi connectivity index (χ1) is 34.2. The summed E-state index contributed by atoms with van der Waals surface area (Å²) in [6.07, 6.45) is 0. The molecule has 0 aliphatic rings. The fourth-order valence-corrected chi connectivity index (χ4v) is 11.0. The molecule has 0 bridgehead atoms. The predicted octanol–water partition coefficient (Wildman–Crippen LogP) is 16.4. The molecule has 0 atom stereocenters. The Morgan fingerprint density at radius 1 is 0.304 bits per heavy atom. The average molecular weight is 880 g/mol. The Labute approximate surface area is 394 Å². The van der Waals surface area contributed by atoms with E-state index in [0.717, 1.165) is 99.0 Å². The van der Waals surface area contributed by atoms with E-state index >= 15 is 0 Å². The number of para-hydroxylation sites is 3. The van der Waals surface area contributed by atoms with E-state index in [9.17, 15) is 0 Å². The van der Waals surface area contributed by atoms with Crippen LogP contribution in [0.4, 0.5) is 0 Å². The molecule has 15 rings (SSSR count). The molecule has 69 heavy (non-hydrogen) atoms. The number of benzene rings is 11. The lowest BCUT2D eigenvalue weighted by Gasteiger charge is -2.16. The van der Waals surface area contributed by atoms with Crippen molar-refractivity contribution in [2.45, 2.75) is 0 Å². The number of aromatic nitrogens is 5. The maximum Gasteiger partial charge on any atom is 0.166 e. The van der Waals surface area contributed by atoms with Crippen LogP contribution in [0.1, 0.15) is 0 Å². The Balaban J connectivity index is 1.06. The largest absolute Gasteiger partial charge is 0.456 e. The van der Waals surface area contributed by atoms with E-state index < -0.39 is 0 Å². The Kier molecular flexibility index (Phi) is 7.97. The Morgan fingerprint density at radius 2 is 0.899 bits per heavy atom. The Morgan fingerprint density at radius 3 is 1.72 bits per heavy atom. The number of furan rings is 1. The van der Waals surface area contributed by atoms with Gasteiger partial charge in [-0.15, -0.1) is 0 Å². The van der Waals surface area contributed by atoms with Gasteiger partial charge in [-0.05, 0) is 111 Å². The van der Waals surface area contributed by atoms with Gasteiger partial charge < -0.3 is 13.6 Å². The lowest BCUT2D eigenvalue weighted by atomic mass is 10.0. The molecule has 6 nitrogen and oxygen atoms in total. The summed E-state index contributed by atoms with van der Waals surface area (Å²) in [7, 11) is 0. The summed E-state index contributed by atoms with van der Waals surface area (Å²) in [5, 5.41) is 13.7. The quantitative estimate of drug-likeness (QED) is 0.173. The number of hydrogen-bond acceptors (Lipinski definition) is 4. The second-order valence-electron chi connectivity index (χ2n) is 18.0. The summed E-state index contributed by atoms with van der Waals surface area (Å²) in [5.74, 6) is 1.74. The Bertz CT molecular complexity index is 4620. The molecule has 0 radical (unpaired) electrons. The topological polar surface area (TPSA) is 61.7 Å². The molecular weight excluding hydrogens is 843 g/mol. The fourth-order valence-electron chi connectivity index (χ4n) is 11.0. The molecule has 0 saturated heterocycles. The van der Waals surface area contributed by atoms with Gasteiger partial charge >= 0.3 is 0 Å². The van der Waals surface area contributed by atoms with Gasteiger partial charge in [-0.1, -0.05) is 146 Å². The zero-order valence-corrected chi connectivity index (χ0v) is 37.0. The van der Waals surface area contributed by atoms with Crippen LogP contribution in [0.2, 0.25) is 0 Å². The van der Waals surface area contributed by atoms with Crippen molar-refractivity contribution in [3.8, 4) is 45.5 Å². The molecular formula is C63H37N5O. The van der Waals surface area contributed by atoms with Gasteiger partial charge in [-0.25, -0.2) is 15.0 Å². The van der Waals surface area contributed by atoms with E-state index in [1.54, 1.807) is 0 Å². The molecule has 0 saturated carbocycles. The van der Waals surface area contributed by atoms with E-state index in [2.05, 4.69) is 228 Å². The van der Waals surface area contributed by atoms with Crippen molar-refractivity contribution in [1.29, 1.82) is 0 Å². The van der Waals surface area contributed by atoms with Crippen molar-refractivity contribution in [2.24, 2.45) is 0 Å². The third kappa shape index (κ3) is 5.69. The van der Waals surface area contributed by atoms with E-state index in [1.807, 2.05) is 6.07 Å². The number of rotatable bonds is 5. The van der Waals surface area contributed by atoms with Gasteiger partial charge in [0.2, 0.25) is 0 Å². The number of nitrogens with zero attached hydrogens (tertiary/aromatic N) is 5. The van der Waals surface area contributed by atoms with Crippen molar-refractivity contribution in [1.82, 2.24) is 24.1 Å². The molecule has 6 heteroatoms. The third-order valence-electron chi connectivity index (χ3n) is 14.1. The molecule has 11 aromatic carbocycles. The normalized spacial score (nSPS) is 12.1. The predicted molar refractivity (Wildman–Crippen MR) is 285 cm³/mol. The molecule has 0 fully saturated rings. The number of hydrogen-bond donors (Lipinski definition) is 0. The van der Waals surface area contributed by atoms with Crippen molar-refractivity contribution in [3.63, 3.8) is 0 Å². The lowest BCUT2D eigenvalue weighted by Crippen LogP contribution is -2.04. The van der Waals surface area contributed by atoms with Crippen molar-refractivity contribution in [2.75, 3.05) is 0 Å². The molecule has 4 heterocycles. The Hall–Kier alpha value is -9.39. The standard InChI is InChI=1S/C63H37N5O/c1-2-19-45(20-3-1)67-52-24-12-10-22-47(52)50-36-44(29-31-53(50)67)62-64-61(43-27-26-38-14-4-5-16-40(38)34-43)65-63(66-62)49-30-33-57-59(48-23-11-13-25-56(48)69-57)60(49)68-54-32-28-39-15-8-9-21-46(39)58(54)51-35-41-17-6-7-18-42(41)37-55(51)68/h1-37H. The average Bonchev–Trinajstić information content (AvgIpc) is 4.07. The van der Waals surface area contributed by atoms with E-state index in [0.29, 0.717) is 17.5 Å². The SMILES string of the molecule is c1ccc(-n2c3ccccc3c3cc(-c4nc(-c5ccc6ccccc6c5)nc(-c5ccc6oc7ccccc7c6c5-n5c6cc7ccccc7cc6c6c7ccccc7ccc65)n4)ccc32)cc1. The zero-order valence-electron chi connectivity index (χ0n) is 37.0. The first-order valence-corrected chi connectivity index (χ1v) is 23.3. The minimum absolute atomic E-state index is 0.564. The molecule has 320 valence electrons. The van der Waals surface area contributed by atoms with E-state index in [1.165, 1.54) is 26.9 Å². The highest BCUT2D eigenvalue weighted by Crippen LogP contribution is 2.46. The summed E-state index contributed by atoms with van der Waals surface area (Å²) in [6, 6.07) is 79.8.